The minimum atomic E-state index is -0.476. The molecule has 0 saturated heterocycles. The van der Waals surface area contributed by atoms with Crippen molar-refractivity contribution in [2.45, 2.75) is 13.8 Å². The summed E-state index contributed by atoms with van der Waals surface area (Å²) in [5.74, 6) is 1.41. The number of hydrogen-bond donors (Lipinski definition) is 1. The Balaban J connectivity index is 2.04. The Bertz CT molecular complexity index is 497. The second kappa shape index (κ2) is 5.08. The van der Waals surface area contributed by atoms with Gasteiger partial charge in [-0.05, 0) is 31.0 Å². The van der Waals surface area contributed by atoms with Gasteiger partial charge in [-0.3, -0.25) is 9.89 Å². The summed E-state index contributed by atoms with van der Waals surface area (Å²) in [7, 11) is 0. The van der Waals surface area contributed by atoms with E-state index in [9.17, 15) is 4.79 Å². The molecule has 96 valence electrons. The molecule has 1 aliphatic rings. The number of urea groups is 1. The summed E-state index contributed by atoms with van der Waals surface area (Å²) in [5.41, 5.74) is 7.53. The predicted molar refractivity (Wildman–Crippen MR) is 70.0 cm³/mol. The van der Waals surface area contributed by atoms with Crippen molar-refractivity contribution in [1.82, 2.24) is 4.90 Å². The van der Waals surface area contributed by atoms with Gasteiger partial charge in [0.25, 0.3) is 0 Å². The van der Waals surface area contributed by atoms with Gasteiger partial charge in [0.1, 0.15) is 18.2 Å². The van der Waals surface area contributed by atoms with E-state index in [0.29, 0.717) is 18.9 Å². The van der Waals surface area contributed by atoms with E-state index in [2.05, 4.69) is 4.99 Å². The fourth-order valence-corrected chi connectivity index (χ4v) is 1.88. The smallest absolute Gasteiger partial charge is 0.320 e. The van der Waals surface area contributed by atoms with Gasteiger partial charge in [-0.25, -0.2) is 4.79 Å². The van der Waals surface area contributed by atoms with E-state index in [1.165, 1.54) is 10.5 Å². The van der Waals surface area contributed by atoms with E-state index >= 15 is 0 Å². The zero-order valence-corrected chi connectivity index (χ0v) is 10.6. The maximum absolute atomic E-state index is 11.2. The van der Waals surface area contributed by atoms with Crippen LogP contribution in [0.5, 0.6) is 5.75 Å². The second-order valence-corrected chi connectivity index (χ2v) is 4.27. The molecule has 0 fully saturated rings. The zero-order valence-electron chi connectivity index (χ0n) is 10.6. The van der Waals surface area contributed by atoms with Crippen molar-refractivity contribution in [3.63, 3.8) is 0 Å². The van der Waals surface area contributed by atoms with Crippen molar-refractivity contribution in [2.75, 3.05) is 19.7 Å². The van der Waals surface area contributed by atoms with Gasteiger partial charge in [0.15, 0.2) is 0 Å². The lowest BCUT2D eigenvalue weighted by Gasteiger charge is -2.17. The Morgan fingerprint density at radius 2 is 2.28 bits per heavy atom. The Hall–Kier alpha value is -2.04. The number of hydrogen-bond acceptors (Lipinski definition) is 3. The molecule has 18 heavy (non-hydrogen) atoms. The minimum absolute atomic E-state index is 0.271. The number of carbonyl (C=O) groups is 1. The summed E-state index contributed by atoms with van der Waals surface area (Å²) in [6.07, 6.45) is 0. The van der Waals surface area contributed by atoms with E-state index in [4.69, 9.17) is 10.5 Å². The molecule has 0 spiro atoms. The summed E-state index contributed by atoms with van der Waals surface area (Å²) >= 11 is 0. The summed E-state index contributed by atoms with van der Waals surface area (Å²) < 4.78 is 5.70. The molecule has 0 saturated carbocycles. The summed E-state index contributed by atoms with van der Waals surface area (Å²) in [5, 5.41) is 0. The number of ether oxygens (including phenoxy) is 1. The standard InChI is InChI=1S/C13H17N3O2/c1-9-4-3-5-11(10(9)2)18-8-12-15-6-7-16(12)13(14)17/h3-5H,6-8H2,1-2H3,(H2,14,17). The fraction of sp³-hybridized carbons (Fsp3) is 0.385. The Kier molecular flexibility index (Phi) is 3.50. The van der Waals surface area contributed by atoms with Crippen LogP contribution in [0.25, 0.3) is 0 Å². The molecule has 1 aromatic rings. The van der Waals surface area contributed by atoms with Gasteiger partial charge in [-0.15, -0.1) is 0 Å². The highest BCUT2D eigenvalue weighted by Gasteiger charge is 2.21. The third-order valence-electron chi connectivity index (χ3n) is 3.11. The molecular formula is C13H17N3O2. The third kappa shape index (κ3) is 2.45. The average molecular weight is 247 g/mol. The average Bonchev–Trinajstić information content (AvgIpc) is 2.79. The number of amidine groups is 1. The van der Waals surface area contributed by atoms with Crippen LogP contribution in [0.2, 0.25) is 0 Å². The fourth-order valence-electron chi connectivity index (χ4n) is 1.88. The van der Waals surface area contributed by atoms with Crippen LogP contribution in [0.3, 0.4) is 0 Å². The zero-order chi connectivity index (χ0) is 13.1. The Labute approximate surface area is 106 Å². The predicted octanol–water partition coefficient (Wildman–Crippen LogP) is 1.48. The largest absolute Gasteiger partial charge is 0.485 e. The highest BCUT2D eigenvalue weighted by Crippen LogP contribution is 2.20. The van der Waals surface area contributed by atoms with Gasteiger partial charge < -0.3 is 10.5 Å². The first-order valence-electron chi connectivity index (χ1n) is 5.89. The van der Waals surface area contributed by atoms with Gasteiger partial charge >= 0.3 is 6.03 Å². The Morgan fingerprint density at radius 3 is 3.00 bits per heavy atom. The first-order valence-corrected chi connectivity index (χ1v) is 5.89. The maximum atomic E-state index is 11.2. The summed E-state index contributed by atoms with van der Waals surface area (Å²) in [6.45, 7) is 5.44. The van der Waals surface area contributed by atoms with Crippen LogP contribution in [-0.4, -0.2) is 36.5 Å². The van der Waals surface area contributed by atoms with Crippen molar-refractivity contribution >= 4 is 11.9 Å². The molecule has 0 bridgehead atoms. The molecule has 5 nitrogen and oxygen atoms in total. The molecule has 0 atom stereocenters. The van der Waals surface area contributed by atoms with E-state index in [1.807, 2.05) is 32.0 Å². The molecule has 0 radical (unpaired) electrons. The molecule has 2 rings (SSSR count). The second-order valence-electron chi connectivity index (χ2n) is 4.27. The summed E-state index contributed by atoms with van der Waals surface area (Å²) in [6, 6.07) is 5.41. The van der Waals surface area contributed by atoms with Crippen LogP contribution in [0.4, 0.5) is 4.79 Å². The molecule has 1 aliphatic heterocycles. The van der Waals surface area contributed by atoms with Crippen LogP contribution in [0.15, 0.2) is 23.2 Å². The van der Waals surface area contributed by atoms with Crippen molar-refractivity contribution in [3.05, 3.63) is 29.3 Å². The van der Waals surface area contributed by atoms with E-state index in [1.54, 1.807) is 0 Å². The highest BCUT2D eigenvalue weighted by molar-refractivity contribution is 5.98. The number of rotatable bonds is 3. The molecule has 1 heterocycles. The van der Waals surface area contributed by atoms with Crippen LogP contribution < -0.4 is 10.5 Å². The van der Waals surface area contributed by atoms with Gasteiger partial charge in [0.05, 0.1) is 6.54 Å². The van der Waals surface area contributed by atoms with Crippen LogP contribution in [0.1, 0.15) is 11.1 Å². The van der Waals surface area contributed by atoms with Crippen molar-refractivity contribution in [2.24, 2.45) is 10.7 Å². The van der Waals surface area contributed by atoms with E-state index in [-0.39, 0.29) is 6.61 Å². The molecule has 0 aliphatic carbocycles. The molecule has 5 heteroatoms. The van der Waals surface area contributed by atoms with Crippen LogP contribution in [-0.2, 0) is 0 Å². The number of nitrogens with two attached hydrogens (primary N) is 1. The number of carbonyl (C=O) groups excluding carboxylic acids is 1. The molecular weight excluding hydrogens is 230 g/mol. The van der Waals surface area contributed by atoms with Crippen molar-refractivity contribution in [1.29, 1.82) is 0 Å². The first-order chi connectivity index (χ1) is 8.59. The van der Waals surface area contributed by atoms with Crippen LogP contribution >= 0.6 is 0 Å². The normalized spacial score (nSPS) is 14.6. The number of aryl methyl sites for hydroxylation is 1. The lowest BCUT2D eigenvalue weighted by atomic mass is 10.1. The quantitative estimate of drug-likeness (QED) is 0.879. The molecule has 2 N–H and O–H groups in total. The lowest BCUT2D eigenvalue weighted by Crippen LogP contribution is -2.40. The lowest BCUT2D eigenvalue weighted by molar-refractivity contribution is 0.230. The molecule has 0 aromatic heterocycles. The van der Waals surface area contributed by atoms with E-state index < -0.39 is 6.03 Å². The highest BCUT2D eigenvalue weighted by atomic mass is 16.5. The number of nitrogens with zero attached hydrogens (tertiary/aromatic N) is 2. The van der Waals surface area contributed by atoms with E-state index in [0.717, 1.165) is 11.3 Å². The Morgan fingerprint density at radius 1 is 1.50 bits per heavy atom. The third-order valence-corrected chi connectivity index (χ3v) is 3.11. The summed E-state index contributed by atoms with van der Waals surface area (Å²) in [4.78, 5) is 16.8. The van der Waals surface area contributed by atoms with Gasteiger partial charge in [-0.2, -0.15) is 0 Å². The number of amides is 2. The first kappa shape index (κ1) is 12.4. The monoisotopic (exact) mass is 247 g/mol. The molecule has 1 aromatic carbocycles. The van der Waals surface area contributed by atoms with Crippen LogP contribution in [0, 0.1) is 13.8 Å². The molecule has 0 unspecified atom stereocenters. The molecule has 2 amide bonds. The minimum Gasteiger partial charge on any atom is -0.485 e. The number of primary amides is 1. The number of benzene rings is 1. The SMILES string of the molecule is Cc1cccc(OCC2=NCCN2C(N)=O)c1C. The maximum Gasteiger partial charge on any atom is 0.320 e. The van der Waals surface area contributed by atoms with Crippen molar-refractivity contribution < 1.29 is 9.53 Å². The van der Waals surface area contributed by atoms with Gasteiger partial charge in [-0.1, -0.05) is 12.1 Å². The van der Waals surface area contributed by atoms with Crippen molar-refractivity contribution in [3.8, 4) is 5.75 Å². The van der Waals surface area contributed by atoms with Gasteiger partial charge in [0, 0.05) is 6.54 Å². The number of aliphatic imine (C=N–C) groups is 1. The van der Waals surface area contributed by atoms with Gasteiger partial charge in [0.2, 0.25) is 0 Å². The topological polar surface area (TPSA) is 67.9 Å².